The van der Waals surface area contributed by atoms with E-state index in [1.165, 1.54) is 0 Å². The van der Waals surface area contributed by atoms with Gasteiger partial charge in [-0.3, -0.25) is 4.79 Å². The minimum Gasteiger partial charge on any atom is -0.368 e. The van der Waals surface area contributed by atoms with E-state index in [9.17, 15) is 4.79 Å². The fraction of sp³-hybridized carbons (Fsp3) is 0.222. The van der Waals surface area contributed by atoms with Crippen LogP contribution in [0.5, 0.6) is 0 Å². The summed E-state index contributed by atoms with van der Waals surface area (Å²) in [5.41, 5.74) is 5.86. The summed E-state index contributed by atoms with van der Waals surface area (Å²) in [5, 5.41) is 3.74. The first-order valence-electron chi connectivity index (χ1n) is 3.97. The fourth-order valence-corrected chi connectivity index (χ4v) is 1.76. The molecule has 0 fully saturated rings. The smallest absolute Gasteiger partial charge is 0.239 e. The zero-order valence-corrected chi connectivity index (χ0v) is 9.06. The fourth-order valence-electron chi connectivity index (χ4n) is 1.22. The van der Waals surface area contributed by atoms with Crippen molar-refractivity contribution < 1.29 is 4.79 Å². The summed E-state index contributed by atoms with van der Waals surface area (Å²) in [7, 11) is 1.64. The molecule has 3 N–H and O–H groups in total. The number of carbonyl (C=O) groups is 1. The van der Waals surface area contributed by atoms with E-state index in [2.05, 4.69) is 5.32 Å². The van der Waals surface area contributed by atoms with Crippen LogP contribution in [0.4, 0.5) is 0 Å². The van der Waals surface area contributed by atoms with Crippen molar-refractivity contribution in [1.29, 1.82) is 0 Å². The number of hydrogen-bond donors (Lipinski definition) is 2. The molecule has 1 amide bonds. The Morgan fingerprint density at radius 2 is 1.86 bits per heavy atom. The third-order valence-corrected chi connectivity index (χ3v) is 2.23. The second-order valence-electron chi connectivity index (χ2n) is 2.83. The highest BCUT2D eigenvalue weighted by atomic mass is 35.5. The van der Waals surface area contributed by atoms with Crippen LogP contribution in [0.25, 0.3) is 0 Å². The molecule has 0 aliphatic heterocycles. The molecule has 76 valence electrons. The summed E-state index contributed by atoms with van der Waals surface area (Å²) < 4.78 is 0. The first-order chi connectivity index (χ1) is 6.54. The maximum Gasteiger partial charge on any atom is 0.239 e. The number of hydrogen-bond acceptors (Lipinski definition) is 2. The molecule has 1 rings (SSSR count). The van der Waals surface area contributed by atoms with Crippen LogP contribution < -0.4 is 11.1 Å². The van der Waals surface area contributed by atoms with Gasteiger partial charge >= 0.3 is 0 Å². The third-order valence-electron chi connectivity index (χ3n) is 1.79. The Kier molecular flexibility index (Phi) is 3.75. The van der Waals surface area contributed by atoms with E-state index in [1.54, 1.807) is 25.2 Å². The molecular weight excluding hydrogens is 223 g/mol. The minimum atomic E-state index is -0.564. The average Bonchev–Trinajstić information content (AvgIpc) is 2.02. The van der Waals surface area contributed by atoms with Crippen molar-refractivity contribution >= 4 is 29.1 Å². The van der Waals surface area contributed by atoms with Gasteiger partial charge in [0, 0.05) is 10.0 Å². The predicted octanol–water partition coefficient (Wildman–Crippen LogP) is 1.74. The molecule has 0 aliphatic rings. The Balaban J connectivity index is 3.10. The second kappa shape index (κ2) is 4.64. The van der Waals surface area contributed by atoms with Crippen LogP contribution in [0.3, 0.4) is 0 Å². The Labute approximate surface area is 92.2 Å². The van der Waals surface area contributed by atoms with Gasteiger partial charge in [-0.15, -0.1) is 0 Å². The molecule has 0 saturated carbocycles. The molecule has 5 heteroatoms. The van der Waals surface area contributed by atoms with Crippen LogP contribution in [-0.2, 0) is 4.79 Å². The third kappa shape index (κ3) is 2.61. The molecular formula is C9H10Cl2N2O. The van der Waals surface area contributed by atoms with E-state index in [4.69, 9.17) is 28.9 Å². The van der Waals surface area contributed by atoms with Crippen LogP contribution in [0.1, 0.15) is 11.6 Å². The van der Waals surface area contributed by atoms with Crippen molar-refractivity contribution in [3.63, 3.8) is 0 Å². The summed E-state index contributed by atoms with van der Waals surface area (Å²) in [6.45, 7) is 0. The molecule has 14 heavy (non-hydrogen) atoms. The highest BCUT2D eigenvalue weighted by Gasteiger charge is 2.15. The molecule has 1 unspecified atom stereocenters. The number of rotatable bonds is 3. The molecule has 3 nitrogen and oxygen atoms in total. The zero-order chi connectivity index (χ0) is 10.7. The van der Waals surface area contributed by atoms with Gasteiger partial charge in [0.1, 0.15) is 6.04 Å². The Morgan fingerprint density at radius 3 is 2.21 bits per heavy atom. The van der Waals surface area contributed by atoms with E-state index in [-0.39, 0.29) is 0 Å². The normalized spacial score (nSPS) is 12.5. The van der Waals surface area contributed by atoms with E-state index >= 15 is 0 Å². The van der Waals surface area contributed by atoms with Gasteiger partial charge in [0.2, 0.25) is 5.91 Å². The summed E-state index contributed by atoms with van der Waals surface area (Å²) in [6, 6.07) is 4.34. The Bertz CT molecular complexity index is 334. The van der Waals surface area contributed by atoms with Crippen LogP contribution >= 0.6 is 23.2 Å². The topological polar surface area (TPSA) is 55.1 Å². The lowest BCUT2D eigenvalue weighted by Crippen LogP contribution is -2.31. The summed E-state index contributed by atoms with van der Waals surface area (Å²) in [6.07, 6.45) is 0. The van der Waals surface area contributed by atoms with Gasteiger partial charge in [0.05, 0.1) is 0 Å². The number of carbonyl (C=O) groups excluding carboxylic acids is 1. The van der Waals surface area contributed by atoms with Crippen LogP contribution in [0.2, 0.25) is 10.0 Å². The second-order valence-corrected chi connectivity index (χ2v) is 3.70. The summed E-state index contributed by atoms with van der Waals surface area (Å²) in [4.78, 5) is 11.0. The van der Waals surface area contributed by atoms with Crippen LogP contribution in [0.15, 0.2) is 18.2 Å². The number of primary amides is 1. The molecule has 0 heterocycles. The van der Waals surface area contributed by atoms with Crippen molar-refractivity contribution in [3.05, 3.63) is 33.8 Å². The number of likely N-dealkylation sites (N-methyl/N-ethyl adjacent to an activating group) is 1. The quantitative estimate of drug-likeness (QED) is 0.835. The number of amides is 1. The first kappa shape index (κ1) is 11.3. The minimum absolute atomic E-state index is 0.467. The van der Waals surface area contributed by atoms with Gasteiger partial charge in [-0.2, -0.15) is 0 Å². The molecule has 0 bridgehead atoms. The lowest BCUT2D eigenvalue weighted by atomic mass is 10.1. The van der Waals surface area contributed by atoms with Crippen molar-refractivity contribution in [2.45, 2.75) is 6.04 Å². The predicted molar refractivity (Wildman–Crippen MR) is 57.5 cm³/mol. The standard InChI is InChI=1S/C9H10Cl2N2O/c1-13-8(9(12)14)5-2-6(10)4-7(11)3-5/h2-4,8,13H,1H3,(H2,12,14). The molecule has 0 aromatic heterocycles. The number of nitrogens with one attached hydrogen (secondary N) is 1. The van der Waals surface area contributed by atoms with Crippen molar-refractivity contribution in [2.75, 3.05) is 7.05 Å². The largest absolute Gasteiger partial charge is 0.368 e. The maximum absolute atomic E-state index is 11.0. The Morgan fingerprint density at radius 1 is 1.36 bits per heavy atom. The van der Waals surface area contributed by atoms with Gasteiger partial charge in [-0.1, -0.05) is 23.2 Å². The van der Waals surface area contributed by atoms with Crippen molar-refractivity contribution in [1.82, 2.24) is 5.32 Å². The molecule has 0 aliphatic carbocycles. The van der Waals surface area contributed by atoms with Crippen molar-refractivity contribution in [3.8, 4) is 0 Å². The molecule has 1 aromatic carbocycles. The van der Waals surface area contributed by atoms with Gasteiger partial charge in [-0.25, -0.2) is 0 Å². The van der Waals surface area contributed by atoms with Gasteiger partial charge in [0.25, 0.3) is 0 Å². The SMILES string of the molecule is CNC(C(N)=O)c1cc(Cl)cc(Cl)c1. The molecule has 0 spiro atoms. The highest BCUT2D eigenvalue weighted by Crippen LogP contribution is 2.23. The van der Waals surface area contributed by atoms with E-state index in [0.717, 1.165) is 0 Å². The first-order valence-corrected chi connectivity index (χ1v) is 4.72. The van der Waals surface area contributed by atoms with E-state index in [0.29, 0.717) is 15.6 Å². The zero-order valence-electron chi connectivity index (χ0n) is 7.55. The monoisotopic (exact) mass is 232 g/mol. The number of halogens is 2. The van der Waals surface area contributed by atoms with Gasteiger partial charge in [0.15, 0.2) is 0 Å². The summed E-state index contributed by atoms with van der Waals surface area (Å²) in [5.74, 6) is -0.467. The maximum atomic E-state index is 11.0. The van der Waals surface area contributed by atoms with Crippen molar-refractivity contribution in [2.24, 2.45) is 5.73 Å². The lowest BCUT2D eigenvalue weighted by Gasteiger charge is -2.13. The highest BCUT2D eigenvalue weighted by molar-refractivity contribution is 6.34. The molecule has 1 atom stereocenters. The number of benzene rings is 1. The van der Waals surface area contributed by atoms with Crippen LogP contribution in [0, 0.1) is 0 Å². The number of nitrogens with two attached hydrogens (primary N) is 1. The average molecular weight is 233 g/mol. The van der Waals surface area contributed by atoms with Gasteiger partial charge < -0.3 is 11.1 Å². The lowest BCUT2D eigenvalue weighted by molar-refractivity contribution is -0.120. The van der Waals surface area contributed by atoms with Gasteiger partial charge in [-0.05, 0) is 30.8 Å². The summed E-state index contributed by atoms with van der Waals surface area (Å²) >= 11 is 11.6. The molecule has 0 radical (unpaired) electrons. The van der Waals surface area contributed by atoms with Crippen LogP contribution in [-0.4, -0.2) is 13.0 Å². The molecule has 0 saturated heterocycles. The van der Waals surface area contributed by atoms with E-state index < -0.39 is 11.9 Å². The Hall–Kier alpha value is -0.770. The van der Waals surface area contributed by atoms with E-state index in [1.807, 2.05) is 0 Å². The molecule has 1 aromatic rings.